The van der Waals surface area contributed by atoms with E-state index in [0.29, 0.717) is 6.54 Å². The van der Waals surface area contributed by atoms with Crippen LogP contribution in [0.1, 0.15) is 24.8 Å². The Labute approximate surface area is 157 Å². The Morgan fingerprint density at radius 3 is 2.33 bits per heavy atom. The number of nitrogens with one attached hydrogen (secondary N) is 2. The predicted octanol–water partition coefficient (Wildman–Crippen LogP) is 2.18. The second kappa shape index (κ2) is 9.24. The van der Waals surface area contributed by atoms with Crippen LogP contribution < -0.4 is 10.0 Å². The average molecular weight is 391 g/mol. The maximum absolute atomic E-state index is 12.1. The van der Waals surface area contributed by atoms with E-state index in [4.69, 9.17) is 0 Å². The van der Waals surface area contributed by atoms with Crippen LogP contribution in [0.5, 0.6) is 0 Å². The number of nitro groups is 1. The second-order valence-corrected chi connectivity index (χ2v) is 7.78. The highest BCUT2D eigenvalue weighted by atomic mass is 32.2. The zero-order valence-electron chi connectivity index (χ0n) is 14.8. The highest BCUT2D eigenvalue weighted by Crippen LogP contribution is 2.15. The molecule has 1 amide bonds. The third-order valence-electron chi connectivity index (χ3n) is 3.98. The summed E-state index contributed by atoms with van der Waals surface area (Å²) in [6, 6.07) is 14.3. The Morgan fingerprint density at radius 2 is 1.74 bits per heavy atom. The van der Waals surface area contributed by atoms with Crippen molar-refractivity contribution >= 4 is 21.6 Å². The lowest BCUT2D eigenvalue weighted by molar-refractivity contribution is -0.384. The summed E-state index contributed by atoms with van der Waals surface area (Å²) in [5.41, 5.74) is 0.914. The average Bonchev–Trinajstić information content (AvgIpc) is 2.66. The Hall–Kier alpha value is -2.78. The Kier molecular flexibility index (Phi) is 7.03. The maximum Gasteiger partial charge on any atom is 0.269 e. The van der Waals surface area contributed by atoms with E-state index in [9.17, 15) is 23.3 Å². The number of sulfonamides is 1. The quantitative estimate of drug-likeness (QED) is 0.502. The van der Waals surface area contributed by atoms with E-state index < -0.39 is 14.9 Å². The third kappa shape index (κ3) is 6.15. The van der Waals surface area contributed by atoms with Crippen molar-refractivity contribution in [2.75, 3.05) is 13.1 Å². The molecule has 0 heterocycles. The van der Waals surface area contributed by atoms with E-state index in [1.54, 1.807) is 0 Å². The number of benzene rings is 2. The van der Waals surface area contributed by atoms with Gasteiger partial charge in [0, 0.05) is 31.6 Å². The fraction of sp³-hybridized carbons (Fsp3) is 0.278. The number of nitro benzene ring substituents is 1. The summed E-state index contributed by atoms with van der Waals surface area (Å²) in [6.45, 7) is 2.38. The van der Waals surface area contributed by atoms with Crippen LogP contribution in [0.25, 0.3) is 0 Å². The zero-order valence-corrected chi connectivity index (χ0v) is 15.6. The van der Waals surface area contributed by atoms with Gasteiger partial charge >= 0.3 is 0 Å². The van der Waals surface area contributed by atoms with Crippen molar-refractivity contribution in [2.24, 2.45) is 0 Å². The molecule has 0 spiro atoms. The summed E-state index contributed by atoms with van der Waals surface area (Å²) in [4.78, 5) is 21.8. The molecule has 1 atom stereocenters. The van der Waals surface area contributed by atoms with Crippen molar-refractivity contribution in [1.29, 1.82) is 0 Å². The van der Waals surface area contributed by atoms with Gasteiger partial charge in [-0.1, -0.05) is 37.3 Å². The Balaban J connectivity index is 1.79. The van der Waals surface area contributed by atoms with Crippen LogP contribution >= 0.6 is 0 Å². The molecule has 0 aliphatic heterocycles. The maximum atomic E-state index is 12.1. The lowest BCUT2D eigenvalue weighted by Crippen LogP contribution is -2.32. The smallest absolute Gasteiger partial charge is 0.269 e. The van der Waals surface area contributed by atoms with E-state index in [1.165, 1.54) is 0 Å². The molecule has 2 aromatic carbocycles. The van der Waals surface area contributed by atoms with Crippen LogP contribution in [0.2, 0.25) is 0 Å². The van der Waals surface area contributed by atoms with Crippen LogP contribution in [0.4, 0.5) is 5.69 Å². The van der Waals surface area contributed by atoms with Crippen LogP contribution in [-0.4, -0.2) is 32.3 Å². The van der Waals surface area contributed by atoms with Gasteiger partial charge in [0.15, 0.2) is 0 Å². The van der Waals surface area contributed by atoms with Crippen molar-refractivity contribution in [2.45, 2.75) is 24.2 Å². The number of nitrogens with zero attached hydrogens (tertiary/aromatic N) is 1. The van der Waals surface area contributed by atoms with E-state index in [1.807, 2.05) is 37.3 Å². The number of hydrogen-bond donors (Lipinski definition) is 2. The SMILES string of the molecule is C[C@H](CNC(=O)CCNS(=O)(=O)c1ccc([N+](=O)[O-])cc1)c1ccccc1. The molecule has 8 nitrogen and oxygen atoms in total. The van der Waals surface area contributed by atoms with Gasteiger partial charge in [-0.3, -0.25) is 14.9 Å². The van der Waals surface area contributed by atoms with Crippen LogP contribution in [-0.2, 0) is 14.8 Å². The number of carbonyl (C=O) groups excluding carboxylic acids is 1. The third-order valence-corrected chi connectivity index (χ3v) is 5.45. The lowest BCUT2D eigenvalue weighted by atomic mass is 10.0. The van der Waals surface area contributed by atoms with Crippen LogP contribution in [0.3, 0.4) is 0 Å². The molecule has 0 aliphatic carbocycles. The van der Waals surface area contributed by atoms with Crippen LogP contribution in [0, 0.1) is 10.1 Å². The van der Waals surface area contributed by atoms with Crippen molar-refractivity contribution in [3.8, 4) is 0 Å². The molecule has 144 valence electrons. The molecular formula is C18H21N3O5S. The van der Waals surface area contributed by atoms with Gasteiger partial charge < -0.3 is 5.32 Å². The van der Waals surface area contributed by atoms with E-state index in [-0.39, 0.29) is 35.4 Å². The van der Waals surface area contributed by atoms with Gasteiger partial charge in [-0.15, -0.1) is 0 Å². The first kappa shape index (κ1) is 20.5. The minimum absolute atomic E-state index is 0.00623. The van der Waals surface area contributed by atoms with Gasteiger partial charge in [-0.05, 0) is 23.6 Å². The summed E-state index contributed by atoms with van der Waals surface area (Å²) in [7, 11) is -3.83. The highest BCUT2D eigenvalue weighted by Gasteiger charge is 2.16. The summed E-state index contributed by atoms with van der Waals surface area (Å²) in [5, 5.41) is 13.4. The lowest BCUT2D eigenvalue weighted by Gasteiger charge is -2.13. The van der Waals surface area contributed by atoms with Gasteiger partial charge in [-0.25, -0.2) is 13.1 Å². The molecule has 0 saturated heterocycles. The molecule has 0 bridgehead atoms. The first-order valence-electron chi connectivity index (χ1n) is 8.35. The molecule has 2 aromatic rings. The molecule has 0 saturated carbocycles. The summed E-state index contributed by atoms with van der Waals surface area (Å²) in [6.07, 6.45) is -0.00623. The van der Waals surface area contributed by atoms with Gasteiger partial charge in [-0.2, -0.15) is 0 Å². The fourth-order valence-electron chi connectivity index (χ4n) is 2.38. The van der Waals surface area contributed by atoms with Crippen molar-refractivity contribution in [3.05, 3.63) is 70.3 Å². The number of rotatable bonds is 9. The molecule has 0 aliphatic rings. The van der Waals surface area contributed by atoms with E-state index in [0.717, 1.165) is 29.8 Å². The van der Waals surface area contributed by atoms with Crippen LogP contribution in [0.15, 0.2) is 59.5 Å². The fourth-order valence-corrected chi connectivity index (χ4v) is 3.42. The summed E-state index contributed by atoms with van der Waals surface area (Å²) < 4.78 is 26.6. The molecule has 0 aromatic heterocycles. The molecular weight excluding hydrogens is 370 g/mol. The number of amides is 1. The summed E-state index contributed by atoms with van der Waals surface area (Å²) >= 11 is 0. The normalized spacial score (nSPS) is 12.3. The number of non-ortho nitro benzene ring substituents is 1. The number of hydrogen-bond acceptors (Lipinski definition) is 5. The summed E-state index contributed by atoms with van der Waals surface area (Å²) in [5.74, 6) is -0.115. The largest absolute Gasteiger partial charge is 0.355 e. The molecule has 27 heavy (non-hydrogen) atoms. The van der Waals surface area contributed by atoms with Crippen molar-refractivity contribution < 1.29 is 18.1 Å². The molecule has 0 radical (unpaired) electrons. The van der Waals surface area contributed by atoms with Gasteiger partial charge in [0.2, 0.25) is 15.9 Å². The monoisotopic (exact) mass is 391 g/mol. The molecule has 2 N–H and O–H groups in total. The molecule has 0 unspecified atom stereocenters. The standard InChI is InChI=1S/C18H21N3O5S/c1-14(15-5-3-2-4-6-15)13-19-18(22)11-12-20-27(25,26)17-9-7-16(8-10-17)21(23)24/h2-10,14,20H,11-13H2,1H3,(H,19,22)/t14-/m1/s1. The topological polar surface area (TPSA) is 118 Å². The molecule has 9 heteroatoms. The second-order valence-electron chi connectivity index (χ2n) is 6.01. The number of carbonyl (C=O) groups is 1. The molecule has 2 rings (SSSR count). The highest BCUT2D eigenvalue weighted by molar-refractivity contribution is 7.89. The van der Waals surface area contributed by atoms with Gasteiger partial charge in [0.05, 0.1) is 9.82 Å². The first-order valence-corrected chi connectivity index (χ1v) is 9.83. The first-order chi connectivity index (χ1) is 12.8. The molecule has 0 fully saturated rings. The Morgan fingerprint density at radius 1 is 1.11 bits per heavy atom. The minimum atomic E-state index is -3.83. The van der Waals surface area contributed by atoms with Gasteiger partial charge in [0.25, 0.3) is 5.69 Å². The van der Waals surface area contributed by atoms with Crippen molar-refractivity contribution in [1.82, 2.24) is 10.0 Å². The van der Waals surface area contributed by atoms with Gasteiger partial charge in [0.1, 0.15) is 0 Å². The Bertz CT molecular complexity index is 883. The minimum Gasteiger partial charge on any atom is -0.355 e. The zero-order chi connectivity index (χ0) is 19.9. The predicted molar refractivity (Wildman–Crippen MR) is 101 cm³/mol. The van der Waals surface area contributed by atoms with Crippen molar-refractivity contribution in [3.63, 3.8) is 0 Å². The van der Waals surface area contributed by atoms with E-state index >= 15 is 0 Å². The van der Waals surface area contributed by atoms with E-state index in [2.05, 4.69) is 10.0 Å².